The highest BCUT2D eigenvalue weighted by Gasteiger charge is 2.52. The minimum absolute atomic E-state index is 0.0629. The molecule has 0 radical (unpaired) electrons. The number of hydrogen-bond acceptors (Lipinski definition) is 6. The van der Waals surface area contributed by atoms with Gasteiger partial charge in [0.2, 0.25) is 11.8 Å². The number of urea groups is 1. The van der Waals surface area contributed by atoms with E-state index >= 15 is 0 Å². The molecule has 0 spiro atoms. The SMILES string of the molecule is CC(C)N(C(=O)NCc1ccc(Cl)c(Cl)c1)N1CC(=O)N2[C@@H](Cc3ccc([N+](=O)[O-])cc3)C(=O)N(Cc3cccc4ccccc34)C[C@@H]21. The quantitative estimate of drug-likeness (QED) is 0.170. The molecule has 4 aromatic carbocycles. The lowest BCUT2D eigenvalue weighted by atomic mass is 9.98. The van der Waals surface area contributed by atoms with Gasteiger partial charge in [-0.3, -0.25) is 24.7 Å². The maximum Gasteiger partial charge on any atom is 0.332 e. The molecular formula is C35H34Cl2N6O5. The molecule has 4 amide bonds. The lowest BCUT2D eigenvalue weighted by Gasteiger charge is -2.47. The number of fused-ring (bicyclic) bond motifs is 2. The van der Waals surface area contributed by atoms with Crippen LogP contribution in [0.15, 0.2) is 84.9 Å². The molecule has 0 aliphatic carbocycles. The summed E-state index contributed by atoms with van der Waals surface area (Å²) in [6, 6.07) is 23.4. The van der Waals surface area contributed by atoms with E-state index in [0.29, 0.717) is 22.2 Å². The van der Waals surface area contributed by atoms with Crippen molar-refractivity contribution in [1.82, 2.24) is 25.1 Å². The van der Waals surface area contributed by atoms with E-state index in [9.17, 15) is 24.5 Å². The van der Waals surface area contributed by atoms with Crippen molar-refractivity contribution in [3.63, 3.8) is 0 Å². The van der Waals surface area contributed by atoms with Gasteiger partial charge in [0, 0.05) is 37.7 Å². The highest BCUT2D eigenvalue weighted by atomic mass is 35.5. The molecule has 0 unspecified atom stereocenters. The molecule has 2 fully saturated rings. The van der Waals surface area contributed by atoms with E-state index in [1.54, 1.807) is 45.1 Å². The van der Waals surface area contributed by atoms with E-state index in [1.165, 1.54) is 17.1 Å². The zero-order valence-corrected chi connectivity index (χ0v) is 27.9. The molecule has 2 aliphatic heterocycles. The van der Waals surface area contributed by atoms with Crippen LogP contribution in [-0.4, -0.2) is 73.9 Å². The van der Waals surface area contributed by atoms with Crippen molar-refractivity contribution in [3.05, 3.63) is 122 Å². The molecule has 2 heterocycles. The van der Waals surface area contributed by atoms with E-state index in [2.05, 4.69) is 5.32 Å². The summed E-state index contributed by atoms with van der Waals surface area (Å²) >= 11 is 12.2. The Morgan fingerprint density at radius 1 is 0.979 bits per heavy atom. The maximum absolute atomic E-state index is 14.3. The van der Waals surface area contributed by atoms with E-state index in [4.69, 9.17) is 23.2 Å². The predicted molar refractivity (Wildman–Crippen MR) is 183 cm³/mol. The molecule has 2 saturated heterocycles. The fourth-order valence-electron chi connectivity index (χ4n) is 6.53. The number of piperazine rings is 1. The summed E-state index contributed by atoms with van der Waals surface area (Å²) in [5.74, 6) is -0.513. The van der Waals surface area contributed by atoms with Gasteiger partial charge in [-0.1, -0.05) is 83.9 Å². The van der Waals surface area contributed by atoms with Crippen molar-refractivity contribution in [2.24, 2.45) is 0 Å². The molecule has 13 heteroatoms. The molecule has 48 heavy (non-hydrogen) atoms. The van der Waals surface area contributed by atoms with Gasteiger partial charge in [-0.05, 0) is 53.4 Å². The van der Waals surface area contributed by atoms with E-state index in [0.717, 1.165) is 21.9 Å². The molecule has 0 bridgehead atoms. The lowest BCUT2D eigenvalue weighted by Crippen LogP contribution is -2.66. The van der Waals surface area contributed by atoms with Crippen molar-refractivity contribution in [2.45, 2.75) is 51.6 Å². The van der Waals surface area contributed by atoms with Gasteiger partial charge in [-0.15, -0.1) is 0 Å². The Balaban J connectivity index is 1.32. The number of carbonyl (C=O) groups is 3. The number of nitrogens with zero attached hydrogens (tertiary/aromatic N) is 5. The zero-order valence-electron chi connectivity index (χ0n) is 26.4. The number of benzene rings is 4. The van der Waals surface area contributed by atoms with E-state index < -0.39 is 23.2 Å². The van der Waals surface area contributed by atoms with Crippen LogP contribution < -0.4 is 5.32 Å². The second-order valence-electron chi connectivity index (χ2n) is 12.2. The molecule has 1 N–H and O–H groups in total. The summed E-state index contributed by atoms with van der Waals surface area (Å²) < 4.78 is 0. The topological polar surface area (TPSA) is 119 Å². The number of nitro groups is 1. The van der Waals surface area contributed by atoms with Crippen molar-refractivity contribution < 1.29 is 19.3 Å². The van der Waals surface area contributed by atoms with Crippen LogP contribution in [0.25, 0.3) is 10.8 Å². The number of amides is 4. The summed E-state index contributed by atoms with van der Waals surface area (Å²) in [7, 11) is 0. The Kier molecular flexibility index (Phi) is 9.54. The van der Waals surface area contributed by atoms with Crippen LogP contribution >= 0.6 is 23.2 Å². The second kappa shape index (κ2) is 13.8. The molecule has 6 rings (SSSR count). The molecular weight excluding hydrogens is 655 g/mol. The van der Waals surface area contributed by atoms with Gasteiger partial charge in [0.15, 0.2) is 0 Å². The highest BCUT2D eigenvalue weighted by Crippen LogP contribution is 2.32. The number of hydrazine groups is 1. The Hall–Kier alpha value is -4.71. The van der Waals surface area contributed by atoms with Crippen LogP contribution in [0.5, 0.6) is 0 Å². The number of hydrogen-bond donors (Lipinski definition) is 1. The average molecular weight is 690 g/mol. The standard InChI is InChI=1S/C35H34Cl2N6O5/c1-22(2)42(35(46)38-18-24-12-15-29(36)30(37)16-24)40-21-33(44)41-31(17-23-10-13-27(14-11-23)43(47)48)34(45)39(20-32(40)41)19-26-8-5-7-25-6-3-4-9-28(25)26/h3-16,22,31-32H,17-21H2,1-2H3,(H,38,46)/t31-,32+/m0/s1. The van der Waals surface area contributed by atoms with Gasteiger partial charge in [0.1, 0.15) is 12.2 Å². The van der Waals surface area contributed by atoms with Crippen LogP contribution in [0.4, 0.5) is 10.5 Å². The van der Waals surface area contributed by atoms with Gasteiger partial charge in [0.25, 0.3) is 5.69 Å². The number of non-ortho nitro benzene ring substituents is 1. The number of nitrogens with one attached hydrogen (secondary N) is 1. The fourth-order valence-corrected chi connectivity index (χ4v) is 6.85. The Morgan fingerprint density at radius 2 is 1.69 bits per heavy atom. The van der Waals surface area contributed by atoms with Crippen molar-refractivity contribution in [1.29, 1.82) is 0 Å². The third-order valence-corrected chi connectivity index (χ3v) is 9.52. The van der Waals surface area contributed by atoms with Crippen molar-refractivity contribution in [2.75, 3.05) is 13.1 Å². The van der Waals surface area contributed by atoms with Crippen LogP contribution in [0.3, 0.4) is 0 Å². The smallest absolute Gasteiger partial charge is 0.332 e. The normalized spacial score (nSPS) is 18.0. The lowest BCUT2D eigenvalue weighted by molar-refractivity contribution is -0.384. The average Bonchev–Trinajstić information content (AvgIpc) is 3.38. The summed E-state index contributed by atoms with van der Waals surface area (Å²) in [6.07, 6.45) is -0.476. The monoisotopic (exact) mass is 688 g/mol. The first-order valence-electron chi connectivity index (χ1n) is 15.6. The molecule has 2 atom stereocenters. The molecule has 0 aromatic heterocycles. The maximum atomic E-state index is 14.3. The Labute approximate surface area is 287 Å². The summed E-state index contributed by atoms with van der Waals surface area (Å²) in [6.45, 7) is 4.28. The number of halogens is 2. The number of rotatable bonds is 9. The summed E-state index contributed by atoms with van der Waals surface area (Å²) in [4.78, 5) is 55.9. The largest absolute Gasteiger partial charge is 0.333 e. The predicted octanol–water partition coefficient (Wildman–Crippen LogP) is 6.01. The van der Waals surface area contributed by atoms with Gasteiger partial charge in [-0.2, -0.15) is 5.01 Å². The van der Waals surface area contributed by atoms with Crippen molar-refractivity contribution in [3.8, 4) is 0 Å². The van der Waals surface area contributed by atoms with E-state index in [-0.39, 0.29) is 49.6 Å². The van der Waals surface area contributed by atoms with Crippen LogP contribution in [0.1, 0.15) is 30.5 Å². The second-order valence-corrected chi connectivity index (χ2v) is 13.0. The summed E-state index contributed by atoms with van der Waals surface area (Å²) in [5.41, 5.74) is 2.33. The summed E-state index contributed by atoms with van der Waals surface area (Å²) in [5, 5.41) is 20.3. The zero-order chi connectivity index (χ0) is 34.1. The van der Waals surface area contributed by atoms with Crippen LogP contribution in [0.2, 0.25) is 10.0 Å². The first kappa shape index (κ1) is 33.2. The molecule has 0 saturated carbocycles. The first-order chi connectivity index (χ1) is 23.0. The first-order valence-corrected chi connectivity index (χ1v) is 16.3. The van der Waals surface area contributed by atoms with Crippen molar-refractivity contribution >= 4 is 57.5 Å². The third kappa shape index (κ3) is 6.66. The van der Waals surface area contributed by atoms with Crippen LogP contribution in [0, 0.1) is 10.1 Å². The van der Waals surface area contributed by atoms with Crippen LogP contribution in [-0.2, 0) is 29.1 Å². The Morgan fingerprint density at radius 3 is 2.40 bits per heavy atom. The minimum Gasteiger partial charge on any atom is -0.333 e. The fraction of sp³-hybridized carbons (Fsp3) is 0.286. The molecule has 2 aliphatic rings. The van der Waals surface area contributed by atoms with Gasteiger partial charge in [-0.25, -0.2) is 4.79 Å². The van der Waals surface area contributed by atoms with E-state index in [1.807, 2.05) is 56.3 Å². The highest BCUT2D eigenvalue weighted by molar-refractivity contribution is 6.42. The molecule has 11 nitrogen and oxygen atoms in total. The van der Waals surface area contributed by atoms with Gasteiger partial charge in [0.05, 0.1) is 28.1 Å². The van der Waals surface area contributed by atoms with Gasteiger partial charge >= 0.3 is 6.03 Å². The third-order valence-electron chi connectivity index (χ3n) is 8.79. The van der Waals surface area contributed by atoms with Gasteiger partial charge < -0.3 is 15.1 Å². The Bertz CT molecular complexity index is 1880. The molecule has 248 valence electrons. The minimum atomic E-state index is -0.883. The number of carbonyl (C=O) groups excluding carboxylic acids is 3. The molecule has 4 aromatic rings. The number of nitro benzene ring substituents is 1.